The molecule has 1 aliphatic carbocycles. The summed E-state index contributed by atoms with van der Waals surface area (Å²) in [6.07, 6.45) is 0.138. The van der Waals surface area contributed by atoms with E-state index in [0.717, 1.165) is 27.8 Å². The Morgan fingerprint density at radius 1 is 0.829 bits per heavy atom. The lowest BCUT2D eigenvalue weighted by Gasteiger charge is -2.16. The number of carbonyl (C=O) groups excluding carboxylic acids is 1. The summed E-state index contributed by atoms with van der Waals surface area (Å²) in [6.45, 7) is 1.93. The van der Waals surface area contributed by atoms with Crippen LogP contribution in [0.3, 0.4) is 0 Å². The molecule has 4 aromatic carbocycles. The van der Waals surface area contributed by atoms with Gasteiger partial charge in [0.05, 0.1) is 5.97 Å². The highest BCUT2D eigenvalue weighted by atomic mass is 16.4. The van der Waals surface area contributed by atoms with Gasteiger partial charge in [-0.05, 0) is 41.2 Å². The Morgan fingerprint density at radius 2 is 1.34 bits per heavy atom. The van der Waals surface area contributed by atoms with Gasteiger partial charge in [0.25, 0.3) is 0 Å². The Hall–Kier alpha value is -3.77. The minimum Gasteiger partial charge on any atom is -0.545 e. The molecule has 5 rings (SSSR count). The summed E-state index contributed by atoms with van der Waals surface area (Å²) in [5.74, 6) is -1.09. The zero-order chi connectivity index (χ0) is 25.2. The molecule has 0 spiro atoms. The average molecular weight is 470 g/mol. The Kier molecular flexibility index (Phi) is 9.32. The van der Waals surface area contributed by atoms with Crippen LogP contribution in [0.2, 0.25) is 0 Å². The lowest BCUT2D eigenvalue weighted by molar-refractivity contribution is -0.446. The first-order valence-corrected chi connectivity index (χ1v) is 11.6. The number of carbonyl (C=O) groups is 1. The number of quaternary nitrogens is 1. The van der Waals surface area contributed by atoms with Gasteiger partial charge in [-0.15, -0.1) is 0 Å². The van der Waals surface area contributed by atoms with Crippen molar-refractivity contribution in [1.29, 1.82) is 0 Å². The van der Waals surface area contributed by atoms with Crippen LogP contribution in [0, 0.1) is 0 Å². The monoisotopic (exact) mass is 469 g/mol. The molecular formula is C30H31NO4. The van der Waals surface area contributed by atoms with Gasteiger partial charge in [-0.2, -0.15) is 0 Å². The first-order valence-electron chi connectivity index (χ1n) is 11.6. The molecule has 0 saturated carbocycles. The summed E-state index contributed by atoms with van der Waals surface area (Å²) < 4.78 is 0. The fourth-order valence-electron chi connectivity index (χ4n) is 4.11. The van der Waals surface area contributed by atoms with Crippen molar-refractivity contribution in [3.63, 3.8) is 0 Å². The SMILES string of the molecule is CCO.O=C([O-])c1cccc2c1Cc1ccccc1-2.[NH3+][C@@H](c1ccccc1)[C@H](O)c1ccccc1. The molecule has 0 unspecified atom stereocenters. The Bertz CT molecular complexity index is 1180. The molecule has 5 nitrogen and oxygen atoms in total. The molecule has 35 heavy (non-hydrogen) atoms. The maximum Gasteiger partial charge on any atom is 0.140 e. The summed E-state index contributed by atoms with van der Waals surface area (Å²) in [5.41, 5.74) is 10.5. The van der Waals surface area contributed by atoms with Crippen molar-refractivity contribution in [1.82, 2.24) is 0 Å². The molecule has 0 aromatic heterocycles. The lowest BCUT2D eigenvalue weighted by Crippen LogP contribution is -2.56. The quantitative estimate of drug-likeness (QED) is 0.375. The minimum absolute atomic E-state index is 0.136. The Morgan fingerprint density at radius 3 is 1.94 bits per heavy atom. The molecule has 0 amide bonds. The van der Waals surface area contributed by atoms with Crippen molar-refractivity contribution < 1.29 is 25.8 Å². The highest BCUT2D eigenvalue weighted by molar-refractivity contribution is 5.93. The molecule has 0 saturated heterocycles. The first kappa shape index (κ1) is 25.8. The van der Waals surface area contributed by atoms with Crippen LogP contribution < -0.4 is 10.8 Å². The van der Waals surface area contributed by atoms with E-state index in [-0.39, 0.29) is 12.6 Å². The average Bonchev–Trinajstić information content (AvgIpc) is 3.28. The smallest absolute Gasteiger partial charge is 0.140 e. The van der Waals surface area contributed by atoms with Gasteiger partial charge < -0.3 is 25.8 Å². The number of hydrogen-bond acceptors (Lipinski definition) is 4. The lowest BCUT2D eigenvalue weighted by atomic mass is 9.97. The van der Waals surface area contributed by atoms with Gasteiger partial charge in [-0.1, -0.05) is 103 Å². The van der Waals surface area contributed by atoms with Gasteiger partial charge in [-0.25, -0.2) is 0 Å². The summed E-state index contributed by atoms with van der Waals surface area (Å²) >= 11 is 0. The molecule has 5 heteroatoms. The molecule has 0 aliphatic heterocycles. The molecule has 1 aliphatic rings. The molecule has 2 atom stereocenters. The van der Waals surface area contributed by atoms with Crippen LogP contribution in [-0.4, -0.2) is 22.8 Å². The third-order valence-corrected chi connectivity index (χ3v) is 5.82. The van der Waals surface area contributed by atoms with Gasteiger partial charge in [-0.3, -0.25) is 0 Å². The van der Waals surface area contributed by atoms with E-state index < -0.39 is 12.1 Å². The van der Waals surface area contributed by atoms with Gasteiger partial charge in [0.15, 0.2) is 0 Å². The van der Waals surface area contributed by atoms with Crippen LogP contribution in [0.25, 0.3) is 11.1 Å². The van der Waals surface area contributed by atoms with E-state index in [9.17, 15) is 15.0 Å². The van der Waals surface area contributed by atoms with Crippen molar-refractivity contribution in [2.24, 2.45) is 0 Å². The third kappa shape index (κ3) is 6.43. The van der Waals surface area contributed by atoms with Crippen molar-refractivity contribution in [2.75, 3.05) is 6.61 Å². The highest BCUT2D eigenvalue weighted by Gasteiger charge is 2.22. The number of carboxylic acids is 1. The zero-order valence-electron chi connectivity index (χ0n) is 19.8. The standard InChI is InChI=1S/C14H15NO.C14H10O2.C2H6O/c15-13(11-7-3-1-4-8-11)14(16)12-9-5-2-6-10-12;15-14(16)12-7-3-6-11-10-5-2-1-4-9(10)8-13(11)12;1-2-3/h1-10,13-14,16H,15H2;1-7H,8H2,(H,15,16);3H,2H2,1H3/t13-,14+;;/m0../s1. The van der Waals surface area contributed by atoms with E-state index >= 15 is 0 Å². The van der Waals surface area contributed by atoms with Crippen LogP contribution in [0.1, 0.15) is 51.7 Å². The second-order valence-corrected chi connectivity index (χ2v) is 8.14. The molecule has 5 N–H and O–H groups in total. The number of benzene rings is 4. The van der Waals surface area contributed by atoms with E-state index in [1.165, 1.54) is 5.56 Å². The van der Waals surface area contributed by atoms with Crippen LogP contribution in [-0.2, 0) is 6.42 Å². The van der Waals surface area contributed by atoms with E-state index in [1.54, 1.807) is 19.1 Å². The predicted octanol–water partition coefficient (Wildman–Crippen LogP) is 3.32. The third-order valence-electron chi connectivity index (χ3n) is 5.82. The topological polar surface area (TPSA) is 108 Å². The van der Waals surface area contributed by atoms with Gasteiger partial charge in [0.1, 0.15) is 12.1 Å². The number of aliphatic hydroxyl groups excluding tert-OH is 2. The van der Waals surface area contributed by atoms with E-state index in [2.05, 4.69) is 5.73 Å². The van der Waals surface area contributed by atoms with Crippen molar-refractivity contribution in [3.8, 4) is 11.1 Å². The molecule has 0 radical (unpaired) electrons. The minimum atomic E-state index is -1.09. The zero-order valence-corrected chi connectivity index (χ0v) is 19.8. The second kappa shape index (κ2) is 12.6. The number of rotatable bonds is 4. The molecular weight excluding hydrogens is 438 g/mol. The van der Waals surface area contributed by atoms with Crippen molar-refractivity contribution in [3.05, 3.63) is 131 Å². The molecule has 0 heterocycles. The number of aliphatic hydroxyl groups is 2. The molecule has 0 bridgehead atoms. The van der Waals surface area contributed by atoms with Crippen LogP contribution in [0.4, 0.5) is 0 Å². The van der Waals surface area contributed by atoms with Crippen molar-refractivity contribution >= 4 is 5.97 Å². The van der Waals surface area contributed by atoms with Crippen molar-refractivity contribution in [2.45, 2.75) is 25.5 Å². The summed E-state index contributed by atoms with van der Waals surface area (Å²) in [7, 11) is 0. The van der Waals surface area contributed by atoms with Crippen LogP contribution in [0.15, 0.2) is 103 Å². The summed E-state index contributed by atoms with van der Waals surface area (Å²) in [4.78, 5) is 11.0. The molecule has 0 fully saturated rings. The fraction of sp³-hybridized carbons (Fsp3) is 0.167. The predicted molar refractivity (Wildman–Crippen MR) is 135 cm³/mol. The summed E-state index contributed by atoms with van der Waals surface area (Å²) in [5, 5.41) is 28.8. The van der Waals surface area contributed by atoms with Gasteiger partial charge in [0.2, 0.25) is 0 Å². The van der Waals surface area contributed by atoms with Crippen LogP contribution in [0.5, 0.6) is 0 Å². The van der Waals surface area contributed by atoms with Gasteiger partial charge in [0, 0.05) is 17.7 Å². The largest absolute Gasteiger partial charge is 0.545 e. The maximum absolute atomic E-state index is 11.0. The normalized spacial score (nSPS) is 12.6. The maximum atomic E-state index is 11.0. The molecule has 4 aromatic rings. The number of aromatic carboxylic acids is 1. The first-order chi connectivity index (χ1) is 17.0. The van der Waals surface area contributed by atoms with E-state index in [0.29, 0.717) is 12.0 Å². The number of fused-ring (bicyclic) bond motifs is 3. The van der Waals surface area contributed by atoms with E-state index in [1.807, 2.05) is 91.0 Å². The Balaban J connectivity index is 0.000000176. The fourth-order valence-corrected chi connectivity index (χ4v) is 4.11. The summed E-state index contributed by atoms with van der Waals surface area (Å²) in [6, 6.07) is 32.7. The van der Waals surface area contributed by atoms with Gasteiger partial charge >= 0.3 is 0 Å². The number of hydrogen-bond donors (Lipinski definition) is 3. The second-order valence-electron chi connectivity index (χ2n) is 8.14. The highest BCUT2D eigenvalue weighted by Crippen LogP contribution is 2.37. The molecule has 180 valence electrons. The van der Waals surface area contributed by atoms with Crippen LogP contribution >= 0.6 is 0 Å². The van der Waals surface area contributed by atoms with E-state index in [4.69, 9.17) is 5.11 Å². The number of carboxylic acid groups (broad SMARTS) is 1. The Labute approximate surface area is 206 Å².